The summed E-state index contributed by atoms with van der Waals surface area (Å²) >= 11 is 0. The van der Waals surface area contributed by atoms with E-state index in [0.717, 1.165) is 37.2 Å². The summed E-state index contributed by atoms with van der Waals surface area (Å²) in [4.78, 5) is 26.5. The number of likely N-dealkylation sites (N-methyl/N-ethyl adjacent to an activating group) is 1. The van der Waals surface area contributed by atoms with E-state index in [0.29, 0.717) is 13.1 Å². The first-order valence-corrected chi connectivity index (χ1v) is 9.09. The summed E-state index contributed by atoms with van der Waals surface area (Å²) < 4.78 is 5.48. The van der Waals surface area contributed by atoms with Gasteiger partial charge < -0.3 is 15.4 Å². The third-order valence-corrected chi connectivity index (χ3v) is 5.20. The first-order valence-electron chi connectivity index (χ1n) is 9.09. The van der Waals surface area contributed by atoms with Crippen LogP contribution < -0.4 is 15.4 Å². The van der Waals surface area contributed by atoms with E-state index in [1.807, 2.05) is 11.8 Å². The first kappa shape index (κ1) is 17.7. The maximum atomic E-state index is 12.4. The first-order chi connectivity index (χ1) is 12.1. The van der Waals surface area contributed by atoms with Crippen molar-refractivity contribution in [1.29, 1.82) is 0 Å². The van der Waals surface area contributed by atoms with Gasteiger partial charge in [-0.3, -0.25) is 14.5 Å². The Hall–Kier alpha value is -2.08. The van der Waals surface area contributed by atoms with E-state index < -0.39 is 0 Å². The van der Waals surface area contributed by atoms with Gasteiger partial charge in [0.05, 0.1) is 19.6 Å². The maximum Gasteiger partial charge on any atom is 0.237 e. The van der Waals surface area contributed by atoms with Crippen molar-refractivity contribution in [3.8, 4) is 5.75 Å². The maximum absolute atomic E-state index is 12.4. The van der Waals surface area contributed by atoms with Gasteiger partial charge in [0.2, 0.25) is 11.8 Å². The highest BCUT2D eigenvalue weighted by Gasteiger charge is 2.30. The van der Waals surface area contributed by atoms with Gasteiger partial charge in [-0.05, 0) is 43.0 Å². The van der Waals surface area contributed by atoms with Crippen LogP contribution in [0.15, 0.2) is 12.1 Å². The highest BCUT2D eigenvalue weighted by molar-refractivity contribution is 5.88. The number of hydrogen-bond donors (Lipinski definition) is 2. The lowest BCUT2D eigenvalue weighted by Crippen LogP contribution is -2.56. The number of nitrogens with zero attached hydrogens (tertiary/aromatic N) is 1. The summed E-state index contributed by atoms with van der Waals surface area (Å²) in [7, 11) is 1.66. The molecule has 1 aromatic carbocycles. The van der Waals surface area contributed by atoms with E-state index in [1.54, 1.807) is 7.11 Å². The molecule has 0 saturated carbocycles. The Bertz CT molecular complexity index is 660. The van der Waals surface area contributed by atoms with Gasteiger partial charge in [-0.15, -0.1) is 0 Å². The Balaban J connectivity index is 1.61. The molecule has 1 fully saturated rings. The van der Waals surface area contributed by atoms with Gasteiger partial charge in [-0.2, -0.15) is 0 Å². The van der Waals surface area contributed by atoms with E-state index in [4.69, 9.17) is 4.74 Å². The van der Waals surface area contributed by atoms with Crippen LogP contribution >= 0.6 is 0 Å². The van der Waals surface area contributed by atoms with Gasteiger partial charge in [0.25, 0.3) is 0 Å². The molecular weight excluding hydrogens is 318 g/mol. The van der Waals surface area contributed by atoms with Crippen molar-refractivity contribution < 1.29 is 14.3 Å². The molecule has 2 amide bonds. The van der Waals surface area contributed by atoms with Gasteiger partial charge in [0.15, 0.2) is 0 Å². The number of rotatable bonds is 6. The average molecular weight is 345 g/mol. The molecule has 1 aliphatic carbocycles. The van der Waals surface area contributed by atoms with Gasteiger partial charge in [-0.25, -0.2) is 0 Å². The number of nitrogens with one attached hydrogen (secondary N) is 2. The zero-order valence-electron chi connectivity index (χ0n) is 15.1. The molecule has 0 radical (unpaired) electrons. The number of amides is 2. The molecule has 3 rings (SSSR count). The summed E-state index contributed by atoms with van der Waals surface area (Å²) in [6, 6.07) is 3.87. The molecule has 6 heteroatoms. The van der Waals surface area contributed by atoms with Crippen LogP contribution in [0, 0.1) is 0 Å². The molecule has 136 valence electrons. The topological polar surface area (TPSA) is 70.7 Å². The molecule has 1 saturated heterocycles. The Kier molecular flexibility index (Phi) is 5.58. The minimum absolute atomic E-state index is 0.0571. The van der Waals surface area contributed by atoms with Crippen LogP contribution in [0.25, 0.3) is 0 Å². The van der Waals surface area contributed by atoms with Crippen molar-refractivity contribution in [2.45, 2.75) is 45.2 Å². The van der Waals surface area contributed by atoms with Crippen LogP contribution in [0.2, 0.25) is 0 Å². The number of ether oxygens (including phenoxy) is 1. The number of methoxy groups -OCH3 is 1. The molecule has 1 atom stereocenters. The summed E-state index contributed by atoms with van der Waals surface area (Å²) in [5.74, 6) is 0.660. The van der Waals surface area contributed by atoms with E-state index in [1.165, 1.54) is 17.5 Å². The fraction of sp³-hybridized carbons (Fsp3) is 0.579. The third kappa shape index (κ3) is 3.95. The molecule has 0 bridgehead atoms. The standard InChI is InChI=1S/C19H27N3O3/c1-3-22-8-7-20-19(24)16(22)11-18(23)21-12-15-9-13-5-4-6-14(13)10-17(15)25-2/h9-10,16H,3-8,11-12H2,1-2H3,(H,20,24)(H,21,23). The molecule has 1 unspecified atom stereocenters. The number of fused-ring (bicyclic) bond motifs is 1. The highest BCUT2D eigenvalue weighted by atomic mass is 16.5. The van der Waals surface area contributed by atoms with Gasteiger partial charge in [0.1, 0.15) is 5.75 Å². The number of carbonyl (C=O) groups excluding carboxylic acids is 2. The minimum Gasteiger partial charge on any atom is -0.496 e. The van der Waals surface area contributed by atoms with Gasteiger partial charge >= 0.3 is 0 Å². The summed E-state index contributed by atoms with van der Waals surface area (Å²) in [5.41, 5.74) is 3.70. The molecule has 6 nitrogen and oxygen atoms in total. The molecule has 2 aliphatic rings. The number of piperazine rings is 1. The molecule has 0 spiro atoms. The summed E-state index contributed by atoms with van der Waals surface area (Å²) in [6.45, 7) is 4.65. The SMILES string of the molecule is CCN1CCNC(=O)C1CC(=O)NCc1cc2c(cc1OC)CCC2. The van der Waals surface area contributed by atoms with Crippen LogP contribution in [-0.4, -0.2) is 49.5 Å². The lowest BCUT2D eigenvalue weighted by atomic mass is 10.0. The number of aryl methyl sites for hydroxylation is 2. The lowest BCUT2D eigenvalue weighted by Gasteiger charge is -2.33. The molecule has 2 N–H and O–H groups in total. The van der Waals surface area contributed by atoms with E-state index in [2.05, 4.69) is 22.8 Å². The van der Waals surface area contributed by atoms with E-state index in [9.17, 15) is 9.59 Å². The molecule has 1 heterocycles. The van der Waals surface area contributed by atoms with Gasteiger partial charge in [0, 0.05) is 25.2 Å². The van der Waals surface area contributed by atoms with Crippen LogP contribution in [0.5, 0.6) is 5.75 Å². The zero-order chi connectivity index (χ0) is 17.8. The smallest absolute Gasteiger partial charge is 0.237 e. The van der Waals surface area contributed by atoms with Crippen molar-refractivity contribution in [3.05, 3.63) is 28.8 Å². The molecular formula is C19H27N3O3. The predicted octanol–water partition coefficient (Wildman–Crippen LogP) is 1.01. The normalized spacial score (nSPS) is 20.1. The van der Waals surface area contributed by atoms with Crippen LogP contribution in [-0.2, 0) is 29.0 Å². The Morgan fingerprint density at radius 1 is 1.36 bits per heavy atom. The number of carbonyl (C=O) groups is 2. The van der Waals surface area contributed by atoms with E-state index >= 15 is 0 Å². The van der Waals surface area contributed by atoms with Crippen molar-refractivity contribution in [2.24, 2.45) is 0 Å². The predicted molar refractivity (Wildman–Crippen MR) is 95.5 cm³/mol. The minimum atomic E-state index is -0.374. The highest BCUT2D eigenvalue weighted by Crippen LogP contribution is 2.29. The Labute approximate surface area is 148 Å². The quantitative estimate of drug-likeness (QED) is 0.807. The second-order valence-corrected chi connectivity index (χ2v) is 6.70. The third-order valence-electron chi connectivity index (χ3n) is 5.20. The molecule has 25 heavy (non-hydrogen) atoms. The van der Waals surface area contributed by atoms with Crippen LogP contribution in [0.3, 0.4) is 0 Å². The van der Waals surface area contributed by atoms with E-state index in [-0.39, 0.29) is 24.3 Å². The Morgan fingerprint density at radius 3 is 2.84 bits per heavy atom. The summed E-state index contributed by atoms with van der Waals surface area (Å²) in [6.07, 6.45) is 3.56. The molecule has 1 aromatic rings. The summed E-state index contributed by atoms with van der Waals surface area (Å²) in [5, 5.41) is 5.79. The van der Waals surface area contributed by atoms with Crippen molar-refractivity contribution in [1.82, 2.24) is 15.5 Å². The average Bonchev–Trinajstić information content (AvgIpc) is 3.08. The molecule has 0 aromatic heterocycles. The van der Waals surface area contributed by atoms with Crippen molar-refractivity contribution in [2.75, 3.05) is 26.7 Å². The second kappa shape index (κ2) is 7.87. The largest absolute Gasteiger partial charge is 0.496 e. The Morgan fingerprint density at radius 2 is 2.12 bits per heavy atom. The fourth-order valence-corrected chi connectivity index (χ4v) is 3.78. The monoisotopic (exact) mass is 345 g/mol. The zero-order valence-corrected chi connectivity index (χ0v) is 15.1. The van der Waals surface area contributed by atoms with Crippen molar-refractivity contribution in [3.63, 3.8) is 0 Å². The van der Waals surface area contributed by atoms with Crippen LogP contribution in [0.4, 0.5) is 0 Å². The van der Waals surface area contributed by atoms with Gasteiger partial charge in [-0.1, -0.05) is 13.0 Å². The van der Waals surface area contributed by atoms with Crippen LogP contribution in [0.1, 0.15) is 36.5 Å². The van der Waals surface area contributed by atoms with Crippen molar-refractivity contribution >= 4 is 11.8 Å². The second-order valence-electron chi connectivity index (χ2n) is 6.70. The number of hydrogen-bond acceptors (Lipinski definition) is 4. The lowest BCUT2D eigenvalue weighted by molar-refractivity contribution is -0.133. The molecule has 1 aliphatic heterocycles. The fourth-order valence-electron chi connectivity index (χ4n) is 3.78. The number of benzene rings is 1.